The fourth-order valence-corrected chi connectivity index (χ4v) is 1.04. The van der Waals surface area contributed by atoms with Gasteiger partial charge < -0.3 is 5.73 Å². The minimum Gasteiger partial charge on any atom is -0.350 e. The molecule has 0 heterocycles. The van der Waals surface area contributed by atoms with Gasteiger partial charge in [-0.25, -0.2) is 13.2 Å². The van der Waals surface area contributed by atoms with E-state index >= 15 is 0 Å². The van der Waals surface area contributed by atoms with Crippen LogP contribution in [0.15, 0.2) is 0 Å². The van der Waals surface area contributed by atoms with Gasteiger partial charge in [-0.3, -0.25) is 0 Å². The van der Waals surface area contributed by atoms with Crippen LogP contribution in [0.5, 0.6) is 0 Å². The summed E-state index contributed by atoms with van der Waals surface area (Å²) in [5, 5.41) is 0. The molecule has 0 atom stereocenters. The van der Waals surface area contributed by atoms with Crippen LogP contribution in [-0.2, 0) is 10.0 Å². The number of hydrogen-bond donors (Lipinski definition) is 1. The number of halogens is 1. The van der Waals surface area contributed by atoms with Crippen molar-refractivity contribution in [2.24, 2.45) is 5.73 Å². The number of amides is 2. The minimum absolute atomic E-state index is 0.00694. The van der Waals surface area contributed by atoms with Crippen molar-refractivity contribution in [3.8, 4) is 0 Å². The van der Waals surface area contributed by atoms with Crippen LogP contribution in [0.3, 0.4) is 0 Å². The molecule has 60 valence electrons. The van der Waals surface area contributed by atoms with Gasteiger partial charge in [0.1, 0.15) is 0 Å². The van der Waals surface area contributed by atoms with Gasteiger partial charge in [0, 0.05) is 11.8 Å². The first-order chi connectivity index (χ1) is 4.41. The molecule has 0 aliphatic rings. The molecule has 2 amide bonds. The summed E-state index contributed by atoms with van der Waals surface area (Å²) < 4.78 is 21.3. The Labute approximate surface area is 63.9 Å². The molecule has 0 unspecified atom stereocenters. The number of primary amides is 1. The van der Waals surface area contributed by atoms with E-state index in [0.29, 0.717) is 0 Å². The van der Waals surface area contributed by atoms with E-state index in [4.69, 9.17) is 11.8 Å². The molecular weight excluding hydrogens is 180 g/mol. The molecule has 7 heteroatoms. The zero-order valence-electron chi connectivity index (χ0n) is 5.24. The van der Waals surface area contributed by atoms with Crippen LogP contribution in [0.1, 0.15) is 6.92 Å². The second-order valence-electron chi connectivity index (χ2n) is 1.45. The van der Waals surface area contributed by atoms with E-state index in [-0.39, 0.29) is 9.58 Å². The highest BCUT2D eigenvalue weighted by molar-refractivity contribution is 7.90. The van der Waals surface area contributed by atoms with E-state index < -0.39 is 16.1 Å². The Morgan fingerprint density at radius 3 is 2.20 bits per heavy atom. The first kappa shape index (κ1) is 9.51. The summed E-state index contributed by atoms with van der Waals surface area (Å²) in [5.41, 5.74) is 4.57. The van der Waals surface area contributed by atoms with E-state index in [1.165, 1.54) is 6.92 Å². The topological polar surface area (TPSA) is 80.5 Å². The van der Waals surface area contributed by atoms with E-state index in [1.54, 1.807) is 0 Å². The Morgan fingerprint density at radius 2 is 2.10 bits per heavy atom. The molecule has 0 spiro atoms. The van der Waals surface area contributed by atoms with Gasteiger partial charge in [-0.15, -0.1) is 3.82 Å². The lowest BCUT2D eigenvalue weighted by Gasteiger charge is -2.08. The molecule has 0 aromatic rings. The van der Waals surface area contributed by atoms with Crippen LogP contribution < -0.4 is 5.73 Å². The van der Waals surface area contributed by atoms with E-state index in [0.717, 1.165) is 0 Å². The highest BCUT2D eigenvalue weighted by Crippen LogP contribution is 2.03. The Kier molecular flexibility index (Phi) is 2.92. The summed E-state index contributed by atoms with van der Waals surface area (Å²) >= 11 is 4.98. The van der Waals surface area contributed by atoms with Crippen molar-refractivity contribution >= 4 is 27.8 Å². The molecular formula is C3H7ClN2O3S. The van der Waals surface area contributed by atoms with Crippen LogP contribution >= 0.6 is 11.8 Å². The molecule has 0 saturated carbocycles. The van der Waals surface area contributed by atoms with Gasteiger partial charge in [-0.2, -0.15) is 0 Å². The van der Waals surface area contributed by atoms with Crippen LogP contribution in [0.25, 0.3) is 0 Å². The second-order valence-corrected chi connectivity index (χ2v) is 4.10. The average Bonchev–Trinajstić information content (AvgIpc) is 1.86. The summed E-state index contributed by atoms with van der Waals surface area (Å²) in [6.45, 7) is 1.35. The summed E-state index contributed by atoms with van der Waals surface area (Å²) in [6.07, 6.45) is 0. The standard InChI is InChI=1S/C3H7ClN2O3S/c1-2-10(8,9)6(4)3(5)7/h2H2,1H3,(H2,5,7). The van der Waals surface area contributed by atoms with Gasteiger partial charge >= 0.3 is 6.03 Å². The van der Waals surface area contributed by atoms with Gasteiger partial charge in [-0.05, 0) is 6.92 Å². The maximum Gasteiger partial charge on any atom is 0.343 e. The van der Waals surface area contributed by atoms with Gasteiger partial charge in [-0.1, -0.05) is 0 Å². The highest BCUT2D eigenvalue weighted by Gasteiger charge is 2.20. The largest absolute Gasteiger partial charge is 0.350 e. The molecule has 0 aromatic carbocycles. The SMILES string of the molecule is CCS(=O)(=O)N(Cl)C(N)=O. The van der Waals surface area contributed by atoms with Crippen molar-refractivity contribution in [3.63, 3.8) is 0 Å². The normalized spacial score (nSPS) is 11.0. The Hall–Kier alpha value is -0.490. The van der Waals surface area contributed by atoms with Crippen molar-refractivity contribution in [3.05, 3.63) is 0 Å². The van der Waals surface area contributed by atoms with Crippen LogP contribution in [-0.4, -0.2) is 24.0 Å². The molecule has 0 saturated heterocycles. The summed E-state index contributed by atoms with van der Waals surface area (Å²) in [7, 11) is -3.67. The maximum atomic E-state index is 10.6. The molecule has 0 aliphatic heterocycles. The fourth-order valence-electron chi connectivity index (χ4n) is 0.250. The number of rotatable bonds is 2. The van der Waals surface area contributed by atoms with Crippen LogP contribution in [0.4, 0.5) is 4.79 Å². The molecule has 5 nitrogen and oxygen atoms in total. The third-order valence-electron chi connectivity index (χ3n) is 0.782. The lowest BCUT2D eigenvalue weighted by Crippen LogP contribution is -2.34. The number of hydrogen-bond acceptors (Lipinski definition) is 3. The predicted octanol–water partition coefficient (Wildman–Crippen LogP) is -0.129. The lowest BCUT2D eigenvalue weighted by atomic mass is 11.0. The van der Waals surface area contributed by atoms with Crippen molar-refractivity contribution < 1.29 is 13.2 Å². The summed E-state index contributed by atoms with van der Waals surface area (Å²) in [5.74, 6) is -0.251. The Bertz CT molecular complexity index is 224. The molecule has 0 fully saturated rings. The van der Waals surface area contributed by atoms with Gasteiger partial charge in [0.25, 0.3) is 10.0 Å². The number of carbonyl (C=O) groups is 1. The fraction of sp³-hybridized carbons (Fsp3) is 0.667. The number of carbonyl (C=O) groups excluding carboxylic acids is 1. The molecule has 0 aliphatic carbocycles. The number of nitrogens with two attached hydrogens (primary N) is 1. The monoisotopic (exact) mass is 186 g/mol. The Balaban J connectivity index is 4.51. The average molecular weight is 187 g/mol. The molecule has 2 N–H and O–H groups in total. The smallest absolute Gasteiger partial charge is 0.343 e. The van der Waals surface area contributed by atoms with Crippen molar-refractivity contribution in [1.29, 1.82) is 0 Å². The number of urea groups is 1. The first-order valence-corrected chi connectivity index (χ1v) is 4.34. The highest BCUT2D eigenvalue weighted by atomic mass is 35.5. The number of nitrogens with zero attached hydrogens (tertiary/aromatic N) is 1. The molecule has 0 bridgehead atoms. The van der Waals surface area contributed by atoms with Gasteiger partial charge in [0.2, 0.25) is 0 Å². The third-order valence-corrected chi connectivity index (χ3v) is 2.98. The number of sulfonamides is 1. The van der Waals surface area contributed by atoms with Crippen LogP contribution in [0.2, 0.25) is 0 Å². The summed E-state index contributed by atoms with van der Waals surface area (Å²) in [4.78, 5) is 10.1. The zero-order valence-corrected chi connectivity index (χ0v) is 6.82. The lowest BCUT2D eigenvalue weighted by molar-refractivity contribution is 0.244. The molecule has 0 radical (unpaired) electrons. The first-order valence-electron chi connectivity index (χ1n) is 2.40. The van der Waals surface area contributed by atoms with Crippen molar-refractivity contribution in [2.75, 3.05) is 5.75 Å². The Morgan fingerprint density at radius 1 is 1.70 bits per heavy atom. The third kappa shape index (κ3) is 2.03. The maximum absolute atomic E-state index is 10.6. The quantitative estimate of drug-likeness (QED) is 0.610. The van der Waals surface area contributed by atoms with Gasteiger partial charge in [0.05, 0.1) is 5.75 Å². The minimum atomic E-state index is -3.67. The molecule has 0 rings (SSSR count). The molecule has 10 heavy (non-hydrogen) atoms. The molecule has 0 aromatic heterocycles. The van der Waals surface area contributed by atoms with Crippen LogP contribution in [0, 0.1) is 0 Å². The second kappa shape index (κ2) is 3.07. The van der Waals surface area contributed by atoms with Crippen molar-refractivity contribution in [1.82, 2.24) is 3.82 Å². The van der Waals surface area contributed by atoms with E-state index in [1.807, 2.05) is 0 Å². The summed E-state index contributed by atoms with van der Waals surface area (Å²) in [6, 6.07) is -1.19. The van der Waals surface area contributed by atoms with E-state index in [2.05, 4.69) is 5.73 Å². The van der Waals surface area contributed by atoms with Crippen molar-refractivity contribution in [2.45, 2.75) is 6.92 Å². The zero-order chi connectivity index (χ0) is 8.36. The van der Waals surface area contributed by atoms with Gasteiger partial charge in [0.15, 0.2) is 0 Å². The predicted molar refractivity (Wildman–Crippen MR) is 36.7 cm³/mol. The van der Waals surface area contributed by atoms with E-state index in [9.17, 15) is 13.2 Å².